The second-order valence-electron chi connectivity index (χ2n) is 6.08. The van der Waals surface area contributed by atoms with Crippen molar-refractivity contribution in [3.8, 4) is 0 Å². The highest BCUT2D eigenvalue weighted by atomic mass is 14.9. The number of fused-ring (bicyclic) bond motifs is 4. The number of hydrogen-bond acceptors (Lipinski definition) is 2. The predicted molar refractivity (Wildman–Crippen MR) is 91.5 cm³/mol. The number of anilines is 4. The van der Waals surface area contributed by atoms with Crippen LogP contribution in [-0.2, 0) is 12.8 Å². The summed E-state index contributed by atoms with van der Waals surface area (Å²) in [6.07, 6.45) is 2.01. The third-order valence-electron chi connectivity index (χ3n) is 4.66. The number of nitrogens with one attached hydrogen (secondary N) is 2. The number of para-hydroxylation sites is 2. The molecule has 2 heteroatoms. The van der Waals surface area contributed by atoms with Crippen LogP contribution in [0.25, 0.3) is 0 Å². The van der Waals surface area contributed by atoms with E-state index in [1.54, 1.807) is 0 Å². The van der Waals surface area contributed by atoms with Crippen LogP contribution >= 0.6 is 0 Å². The molecule has 2 aliphatic rings. The van der Waals surface area contributed by atoms with E-state index in [4.69, 9.17) is 0 Å². The lowest BCUT2D eigenvalue weighted by Crippen LogP contribution is -2.11. The lowest BCUT2D eigenvalue weighted by atomic mass is 9.91. The second kappa shape index (κ2) is 4.38. The molecule has 3 aromatic rings. The first-order chi connectivity index (χ1) is 10.9. The fourth-order valence-electron chi connectivity index (χ4n) is 3.51. The fourth-order valence-corrected chi connectivity index (χ4v) is 3.51. The fraction of sp³-hybridized carbons (Fsp3) is 0.100. The Balaban J connectivity index is 1.60. The molecule has 2 nitrogen and oxygen atoms in total. The van der Waals surface area contributed by atoms with Crippen molar-refractivity contribution in [3.63, 3.8) is 0 Å². The van der Waals surface area contributed by atoms with Crippen LogP contribution in [0.1, 0.15) is 22.3 Å². The molecule has 5 rings (SSSR count). The van der Waals surface area contributed by atoms with Gasteiger partial charge in [0.15, 0.2) is 0 Å². The summed E-state index contributed by atoms with van der Waals surface area (Å²) in [7, 11) is 0. The molecule has 0 bridgehead atoms. The van der Waals surface area contributed by atoms with Gasteiger partial charge in [0.2, 0.25) is 0 Å². The molecule has 0 atom stereocenters. The van der Waals surface area contributed by atoms with E-state index < -0.39 is 0 Å². The first-order valence-electron chi connectivity index (χ1n) is 7.72. The molecule has 2 aliphatic heterocycles. The van der Waals surface area contributed by atoms with Gasteiger partial charge in [0.1, 0.15) is 0 Å². The summed E-state index contributed by atoms with van der Waals surface area (Å²) >= 11 is 0. The Morgan fingerprint density at radius 2 is 1.00 bits per heavy atom. The summed E-state index contributed by atoms with van der Waals surface area (Å²) in [5.74, 6) is 0. The van der Waals surface area contributed by atoms with Crippen molar-refractivity contribution in [2.45, 2.75) is 12.8 Å². The Kier molecular flexibility index (Phi) is 2.36. The lowest BCUT2D eigenvalue weighted by molar-refractivity contribution is 1.10. The summed E-state index contributed by atoms with van der Waals surface area (Å²) < 4.78 is 0. The largest absolute Gasteiger partial charge is 0.355 e. The molecule has 106 valence electrons. The maximum atomic E-state index is 3.57. The highest BCUT2D eigenvalue weighted by Crippen LogP contribution is 2.40. The van der Waals surface area contributed by atoms with E-state index in [0.717, 1.165) is 12.8 Å². The highest BCUT2D eigenvalue weighted by Gasteiger charge is 2.20. The standard InChI is InChI=1S/C20H16N2/c1-3-7-17-13(5-1)9-15-11-16-10-14-6-2-4-8-18(14)22-20(16)12-19(15)21-17/h1-8,11-12,21-22H,9-10H2. The Hall–Kier alpha value is -2.74. The minimum absolute atomic E-state index is 1.01. The van der Waals surface area contributed by atoms with E-state index in [1.807, 2.05) is 0 Å². The average molecular weight is 284 g/mol. The lowest BCUT2D eigenvalue weighted by Gasteiger charge is -2.27. The van der Waals surface area contributed by atoms with Crippen molar-refractivity contribution in [2.24, 2.45) is 0 Å². The minimum atomic E-state index is 1.01. The summed E-state index contributed by atoms with van der Waals surface area (Å²) in [4.78, 5) is 0. The van der Waals surface area contributed by atoms with Crippen LogP contribution < -0.4 is 10.6 Å². The van der Waals surface area contributed by atoms with E-state index in [2.05, 4.69) is 71.3 Å². The number of hydrogen-bond donors (Lipinski definition) is 2. The Morgan fingerprint density at radius 1 is 0.500 bits per heavy atom. The smallest absolute Gasteiger partial charge is 0.0441 e. The van der Waals surface area contributed by atoms with Crippen LogP contribution in [0.5, 0.6) is 0 Å². The van der Waals surface area contributed by atoms with Gasteiger partial charge in [0.25, 0.3) is 0 Å². The Bertz CT molecular complexity index is 752. The van der Waals surface area contributed by atoms with Crippen LogP contribution in [0.3, 0.4) is 0 Å². The first-order valence-corrected chi connectivity index (χ1v) is 7.72. The van der Waals surface area contributed by atoms with E-state index in [1.165, 1.54) is 45.0 Å². The SMILES string of the molecule is c1ccc2c(c1)Cc1cc3c(cc1N2)Nc1ccccc1C3. The normalized spacial score (nSPS) is 13.8. The molecular formula is C20H16N2. The molecule has 22 heavy (non-hydrogen) atoms. The topological polar surface area (TPSA) is 24.1 Å². The second-order valence-corrected chi connectivity index (χ2v) is 6.08. The van der Waals surface area contributed by atoms with Crippen molar-refractivity contribution in [1.29, 1.82) is 0 Å². The Labute approximate surface area is 129 Å². The van der Waals surface area contributed by atoms with Gasteiger partial charge in [-0.05, 0) is 40.5 Å². The zero-order valence-corrected chi connectivity index (χ0v) is 12.2. The predicted octanol–water partition coefficient (Wildman–Crippen LogP) is 4.98. The van der Waals surface area contributed by atoms with Gasteiger partial charge >= 0.3 is 0 Å². The summed E-state index contributed by atoms with van der Waals surface area (Å²) in [6, 6.07) is 21.7. The van der Waals surface area contributed by atoms with Gasteiger partial charge in [-0.1, -0.05) is 42.5 Å². The molecule has 2 heterocycles. The minimum Gasteiger partial charge on any atom is -0.355 e. The third kappa shape index (κ3) is 1.74. The molecular weight excluding hydrogens is 268 g/mol. The molecule has 0 amide bonds. The van der Waals surface area contributed by atoms with Crippen molar-refractivity contribution >= 4 is 22.7 Å². The summed E-state index contributed by atoms with van der Waals surface area (Å²) in [6.45, 7) is 0. The van der Waals surface area contributed by atoms with Crippen molar-refractivity contribution in [1.82, 2.24) is 0 Å². The molecule has 2 N–H and O–H groups in total. The van der Waals surface area contributed by atoms with E-state index in [9.17, 15) is 0 Å². The zero-order chi connectivity index (χ0) is 14.5. The van der Waals surface area contributed by atoms with Crippen molar-refractivity contribution < 1.29 is 0 Å². The monoisotopic (exact) mass is 284 g/mol. The first kappa shape index (κ1) is 11.9. The van der Waals surface area contributed by atoms with Crippen molar-refractivity contribution in [3.05, 3.63) is 82.9 Å². The van der Waals surface area contributed by atoms with Gasteiger partial charge < -0.3 is 10.6 Å². The quantitative estimate of drug-likeness (QED) is 0.419. The maximum absolute atomic E-state index is 3.57. The maximum Gasteiger partial charge on any atom is 0.0441 e. The third-order valence-corrected chi connectivity index (χ3v) is 4.66. The highest BCUT2D eigenvalue weighted by molar-refractivity contribution is 5.80. The molecule has 0 fully saturated rings. The van der Waals surface area contributed by atoms with Crippen LogP contribution in [0.15, 0.2) is 60.7 Å². The molecule has 0 spiro atoms. The van der Waals surface area contributed by atoms with Crippen molar-refractivity contribution in [2.75, 3.05) is 10.6 Å². The molecule has 0 saturated heterocycles. The van der Waals surface area contributed by atoms with Gasteiger partial charge in [-0.2, -0.15) is 0 Å². The molecule has 3 aromatic carbocycles. The molecule has 0 radical (unpaired) electrons. The van der Waals surface area contributed by atoms with E-state index >= 15 is 0 Å². The number of rotatable bonds is 0. The van der Waals surface area contributed by atoms with Crippen LogP contribution in [0, 0.1) is 0 Å². The van der Waals surface area contributed by atoms with Gasteiger partial charge in [0.05, 0.1) is 0 Å². The van der Waals surface area contributed by atoms with Gasteiger partial charge in [-0.3, -0.25) is 0 Å². The molecule has 0 unspecified atom stereocenters. The summed E-state index contributed by atoms with van der Waals surface area (Å²) in [5, 5.41) is 7.15. The van der Waals surface area contributed by atoms with E-state index in [-0.39, 0.29) is 0 Å². The molecule has 0 aromatic heterocycles. The summed E-state index contributed by atoms with van der Waals surface area (Å²) in [5.41, 5.74) is 10.4. The average Bonchev–Trinajstić information content (AvgIpc) is 2.56. The van der Waals surface area contributed by atoms with Gasteiger partial charge in [0, 0.05) is 35.6 Å². The van der Waals surface area contributed by atoms with Crippen LogP contribution in [0.4, 0.5) is 22.7 Å². The molecule has 0 aliphatic carbocycles. The zero-order valence-electron chi connectivity index (χ0n) is 12.2. The van der Waals surface area contributed by atoms with Gasteiger partial charge in [-0.25, -0.2) is 0 Å². The van der Waals surface area contributed by atoms with Crippen LogP contribution in [-0.4, -0.2) is 0 Å². The Morgan fingerprint density at radius 3 is 1.55 bits per heavy atom. The van der Waals surface area contributed by atoms with Crippen LogP contribution in [0.2, 0.25) is 0 Å². The van der Waals surface area contributed by atoms with E-state index in [0.29, 0.717) is 0 Å². The molecule has 0 saturated carbocycles. The van der Waals surface area contributed by atoms with Gasteiger partial charge in [-0.15, -0.1) is 0 Å². The number of benzene rings is 3.